The van der Waals surface area contributed by atoms with Gasteiger partial charge in [0.1, 0.15) is 23.7 Å². The minimum Gasteiger partial charge on any atom is -0.482 e. The van der Waals surface area contributed by atoms with Gasteiger partial charge < -0.3 is 50.0 Å². The molecule has 0 bridgehead atoms. The first-order valence-corrected chi connectivity index (χ1v) is 43.3. The normalized spacial score (nSPS) is 26.7. The number of nitrogens with zero attached hydrogens (tertiary/aromatic N) is 2. The van der Waals surface area contributed by atoms with Crippen molar-refractivity contribution in [2.75, 3.05) is 51.9 Å². The molecule has 2 aromatic carbocycles. The number of amides is 6. The quantitative estimate of drug-likeness (QED) is 0.0204. The lowest BCUT2D eigenvalue weighted by atomic mass is 9.73. The number of carboxylic acids is 2. The van der Waals surface area contributed by atoms with Crippen LogP contribution in [0.5, 0.6) is 11.5 Å². The molecule has 22 nitrogen and oxygen atoms in total. The Balaban J connectivity index is 0.000000272. The highest BCUT2D eigenvalue weighted by Crippen LogP contribution is 2.52. The van der Waals surface area contributed by atoms with E-state index in [4.69, 9.17) is 24.1 Å². The fourth-order valence-corrected chi connectivity index (χ4v) is 21.1. The maximum Gasteiger partial charge on any atom is 0.341 e. The standard InChI is InChI=1S/2C42H62N2O9S.CH4/c1-3-4-7-14-29(18-19-30-33-22-27-13-12-17-36(52-26-39(47)48)34(27)23-28(33)24-35(30)45)53-42(51)32-16-9-8-15-31(32)40(49)43-20-10-5-6-11-21-54-37-25-38(46)44(2)41(37)50;1-3-4-7-14-29(45)18-19-30-33-22-27-13-12-17-35(52-26-39(47)48)34(27)23-28(33)24-36(30)53-42(51)32-16-9-8-15-31(32)40(49)43-20-10-5-6-11-21-54-37-25-38(46)44(2)41(37)50;/h12-13,17,28-33,35,37,45H,3-11,14-16,18-26H2,1-2H3,(H,43,49)(H,47,48);12-13,17,28-33,36-37,45H,3-11,14-16,18-26H2,1-2H3,(H,43,49)(H,47,48);1H4/t28-,29-,30+,31?,32?,33-,35+,37?;28-,29-,30+,31?,32?,33-,36+,37?;/m00./s1. The van der Waals surface area contributed by atoms with Gasteiger partial charge in [0.15, 0.2) is 13.2 Å². The van der Waals surface area contributed by atoms with Crippen molar-refractivity contribution in [3.05, 3.63) is 58.7 Å². The number of carbonyl (C=O) groups excluding carboxylic acids is 8. The fourth-order valence-electron chi connectivity index (χ4n) is 18.6. The summed E-state index contributed by atoms with van der Waals surface area (Å²) >= 11 is 3.11. The fraction of sp³-hybridized carbons (Fsp3) is 0.741. The zero-order valence-electron chi connectivity index (χ0n) is 64.6. The Labute approximate surface area is 655 Å². The molecule has 6 N–H and O–H groups in total. The number of thioether (sulfide) groups is 2. The van der Waals surface area contributed by atoms with Crippen molar-refractivity contribution >= 4 is 82.8 Å². The van der Waals surface area contributed by atoms with E-state index in [0.717, 1.165) is 201 Å². The van der Waals surface area contributed by atoms with E-state index >= 15 is 0 Å². The number of likely N-dealkylation sites (tertiary alicyclic amines) is 2. The molecule has 6 fully saturated rings. The molecule has 6 aliphatic carbocycles. The molecule has 0 aromatic heterocycles. The van der Waals surface area contributed by atoms with Gasteiger partial charge in [-0.15, -0.1) is 23.5 Å². The SMILES string of the molecule is C.CCCCC[C@@H](CC[C@@H]1[C@H]2Cc3cccc(OCC(=O)O)c3C[C@H]2C[C@H]1O)OC(=O)C1CCCCC1C(=O)NCCCCCCSC1CC(=O)N(C)C1=O.CCCCC[C@H](O)CC[C@@H]1[C@H]2Cc3cccc(OCC(=O)O)c3C[C@H]2C[C@H]1OC(=O)C1CCCCC1C(=O)NCCCCCCSC1CC(=O)N(C)C1=O. The molecule has 2 heterocycles. The molecule has 6 unspecified atom stereocenters. The Morgan fingerprint density at radius 2 is 0.991 bits per heavy atom. The van der Waals surface area contributed by atoms with Crippen LogP contribution in [0.3, 0.4) is 0 Å². The third-order valence-electron chi connectivity index (χ3n) is 24.7. The average molecular weight is 1560 g/mol. The van der Waals surface area contributed by atoms with Gasteiger partial charge in [-0.1, -0.05) is 129 Å². The number of aliphatic hydroxyl groups excluding tert-OH is 2. The number of fused-ring (bicyclic) bond motifs is 4. The number of aliphatic carboxylic acids is 2. The van der Waals surface area contributed by atoms with E-state index in [1.807, 2.05) is 24.3 Å². The molecule has 109 heavy (non-hydrogen) atoms. The first-order chi connectivity index (χ1) is 52.1. The number of esters is 2. The van der Waals surface area contributed by atoms with Gasteiger partial charge >= 0.3 is 23.9 Å². The van der Waals surface area contributed by atoms with Crippen LogP contribution < -0.4 is 20.1 Å². The summed E-state index contributed by atoms with van der Waals surface area (Å²) in [5.74, 6) is -0.629. The Morgan fingerprint density at radius 1 is 0.532 bits per heavy atom. The molecule has 608 valence electrons. The van der Waals surface area contributed by atoms with Crippen LogP contribution in [0.2, 0.25) is 0 Å². The number of unbranched alkanes of at least 4 members (excludes halogenated alkanes) is 10. The topological polar surface area (TPSA) is 319 Å². The van der Waals surface area contributed by atoms with Gasteiger partial charge in [-0.2, -0.15) is 0 Å². The maximum absolute atomic E-state index is 14.0. The summed E-state index contributed by atoms with van der Waals surface area (Å²) < 4.78 is 24.0. The number of aliphatic hydroxyl groups is 2. The van der Waals surface area contributed by atoms with Gasteiger partial charge in [0.2, 0.25) is 35.4 Å². The van der Waals surface area contributed by atoms with E-state index in [1.165, 1.54) is 9.80 Å². The highest BCUT2D eigenvalue weighted by molar-refractivity contribution is 8.00. The lowest BCUT2D eigenvalue weighted by molar-refractivity contribution is -0.162. The van der Waals surface area contributed by atoms with Crippen LogP contribution in [0.1, 0.15) is 249 Å². The van der Waals surface area contributed by atoms with Crippen LogP contribution in [0, 0.1) is 59.2 Å². The summed E-state index contributed by atoms with van der Waals surface area (Å²) in [6, 6.07) is 11.7. The number of nitrogens with one attached hydrogen (secondary N) is 2. The van der Waals surface area contributed by atoms with Gasteiger partial charge in [0, 0.05) is 40.0 Å². The number of hydrogen-bond donors (Lipinski definition) is 6. The van der Waals surface area contributed by atoms with Crippen molar-refractivity contribution < 1.29 is 87.3 Å². The second-order valence-electron chi connectivity index (χ2n) is 32.1. The Morgan fingerprint density at radius 3 is 1.48 bits per heavy atom. The van der Waals surface area contributed by atoms with E-state index in [1.54, 1.807) is 37.6 Å². The third-order valence-corrected chi connectivity index (χ3v) is 27.3. The van der Waals surface area contributed by atoms with Gasteiger partial charge in [0.25, 0.3) is 0 Å². The number of hydrogen-bond acceptors (Lipinski definition) is 18. The zero-order chi connectivity index (χ0) is 77.2. The number of rotatable bonds is 42. The Hall–Kier alpha value is -6.24. The van der Waals surface area contributed by atoms with Gasteiger partial charge in [-0.3, -0.25) is 48.2 Å². The highest BCUT2D eigenvalue weighted by Gasteiger charge is 2.50. The molecule has 0 radical (unpaired) electrons. The van der Waals surface area contributed by atoms with Crippen LogP contribution in [0.4, 0.5) is 0 Å². The van der Waals surface area contributed by atoms with Crippen molar-refractivity contribution in [1.29, 1.82) is 0 Å². The molecule has 2 aliphatic heterocycles. The summed E-state index contributed by atoms with van der Waals surface area (Å²) in [6.45, 7) is 4.66. The minimum atomic E-state index is -1.02. The van der Waals surface area contributed by atoms with E-state index in [-0.39, 0.29) is 132 Å². The number of carboxylic acid groups (broad SMARTS) is 2. The minimum absolute atomic E-state index is 0. The number of benzene rings is 2. The third kappa shape index (κ3) is 25.4. The van der Waals surface area contributed by atoms with E-state index in [2.05, 4.69) is 36.6 Å². The van der Waals surface area contributed by atoms with Crippen molar-refractivity contribution in [2.24, 2.45) is 59.2 Å². The smallest absolute Gasteiger partial charge is 0.341 e. The zero-order valence-corrected chi connectivity index (χ0v) is 66.2. The van der Waals surface area contributed by atoms with Crippen LogP contribution in [0.15, 0.2) is 36.4 Å². The summed E-state index contributed by atoms with van der Waals surface area (Å²) in [6.07, 6.45) is 28.1. The largest absolute Gasteiger partial charge is 0.482 e. The molecule has 6 amide bonds. The van der Waals surface area contributed by atoms with Crippen LogP contribution in [0.25, 0.3) is 0 Å². The lowest BCUT2D eigenvalue weighted by Crippen LogP contribution is -2.42. The summed E-state index contributed by atoms with van der Waals surface area (Å²) in [5, 5.41) is 46.2. The first-order valence-electron chi connectivity index (χ1n) is 41.2. The number of imide groups is 2. The van der Waals surface area contributed by atoms with Crippen molar-refractivity contribution in [2.45, 2.75) is 287 Å². The van der Waals surface area contributed by atoms with E-state index in [0.29, 0.717) is 88.3 Å². The molecule has 2 aromatic rings. The Kier molecular flexibility index (Phi) is 36.3. The number of carbonyl (C=O) groups is 10. The Bertz CT molecular complexity index is 3340. The second-order valence-corrected chi connectivity index (χ2v) is 34.8. The molecule has 24 heteroatoms. The van der Waals surface area contributed by atoms with Gasteiger partial charge in [0.05, 0.1) is 46.4 Å². The molecule has 10 rings (SSSR count). The molecule has 4 saturated carbocycles. The maximum atomic E-state index is 14.0. The summed E-state index contributed by atoms with van der Waals surface area (Å²) in [4.78, 5) is 127. The molecule has 0 spiro atoms. The molecular formula is C85H128N4O18S2. The van der Waals surface area contributed by atoms with E-state index in [9.17, 15) is 63.3 Å². The predicted molar refractivity (Wildman–Crippen MR) is 421 cm³/mol. The molecular weight excluding hydrogens is 1430 g/mol. The monoisotopic (exact) mass is 1560 g/mol. The second kappa shape index (κ2) is 44.9. The lowest BCUT2D eigenvalue weighted by Gasteiger charge is -2.33. The number of ether oxygens (including phenoxy) is 4. The van der Waals surface area contributed by atoms with Crippen LogP contribution in [-0.4, -0.2) is 176 Å². The molecule has 8 aliphatic rings. The molecule has 2 saturated heterocycles. The molecule has 16 atom stereocenters. The van der Waals surface area contributed by atoms with Crippen molar-refractivity contribution in [3.63, 3.8) is 0 Å². The van der Waals surface area contributed by atoms with E-state index < -0.39 is 42.4 Å². The predicted octanol–water partition coefficient (Wildman–Crippen LogP) is 12.9. The van der Waals surface area contributed by atoms with Crippen LogP contribution >= 0.6 is 23.5 Å². The summed E-state index contributed by atoms with van der Waals surface area (Å²) in [5.41, 5.74) is 4.40. The summed E-state index contributed by atoms with van der Waals surface area (Å²) in [7, 11) is 3.08. The first kappa shape index (κ1) is 88.3. The van der Waals surface area contributed by atoms with Crippen molar-refractivity contribution in [1.82, 2.24) is 20.4 Å². The van der Waals surface area contributed by atoms with Crippen molar-refractivity contribution in [3.8, 4) is 11.5 Å². The van der Waals surface area contributed by atoms with Gasteiger partial charge in [-0.25, -0.2) is 9.59 Å². The average Bonchev–Trinajstić information content (AvgIpc) is 1.67. The van der Waals surface area contributed by atoms with Gasteiger partial charge in [-0.05, 0) is 216 Å². The van der Waals surface area contributed by atoms with Crippen LogP contribution in [-0.2, 0) is 83.1 Å². The highest BCUT2D eigenvalue weighted by atomic mass is 32.2.